The summed E-state index contributed by atoms with van der Waals surface area (Å²) in [5.74, 6) is 1.47. The molecule has 0 bridgehead atoms. The number of nitrogens with two attached hydrogens (primary N) is 1. The van der Waals surface area contributed by atoms with Crippen molar-refractivity contribution in [3.8, 4) is 16.2 Å². The van der Waals surface area contributed by atoms with Gasteiger partial charge in [0.2, 0.25) is 0 Å². The topological polar surface area (TPSA) is 73.1 Å². The Morgan fingerprint density at radius 1 is 1.22 bits per heavy atom. The predicted octanol–water partition coefficient (Wildman–Crippen LogP) is 3.59. The Bertz CT molecular complexity index is 773. The summed E-state index contributed by atoms with van der Waals surface area (Å²) in [4.78, 5) is 9.99. The van der Waals surface area contributed by atoms with Crippen LogP contribution in [0.3, 0.4) is 0 Å². The van der Waals surface area contributed by atoms with Gasteiger partial charge in [-0.25, -0.2) is 9.97 Å². The van der Waals surface area contributed by atoms with Gasteiger partial charge in [-0.2, -0.15) is 0 Å². The summed E-state index contributed by atoms with van der Waals surface area (Å²) in [5, 5.41) is 4.03. The van der Waals surface area contributed by atoms with E-state index in [1.165, 1.54) is 0 Å². The molecule has 0 saturated carbocycles. The summed E-state index contributed by atoms with van der Waals surface area (Å²) < 4.78 is 5.57. The van der Waals surface area contributed by atoms with Gasteiger partial charge >= 0.3 is 0 Å². The number of benzene rings is 1. The summed E-state index contributed by atoms with van der Waals surface area (Å²) in [6, 6.07) is 13.9. The van der Waals surface area contributed by atoms with Gasteiger partial charge in [0, 0.05) is 30.6 Å². The molecular weight excluding hydrogens is 308 g/mol. The van der Waals surface area contributed by atoms with Crippen LogP contribution in [-0.4, -0.2) is 23.1 Å². The van der Waals surface area contributed by atoms with Gasteiger partial charge < -0.3 is 15.8 Å². The van der Waals surface area contributed by atoms with Crippen molar-refractivity contribution in [2.75, 3.05) is 18.5 Å². The molecule has 0 aliphatic carbocycles. The quantitative estimate of drug-likeness (QED) is 0.724. The number of anilines is 2. The van der Waals surface area contributed by atoms with Crippen LogP contribution in [0.25, 0.3) is 10.4 Å². The zero-order chi connectivity index (χ0) is 16.1. The number of rotatable bonds is 6. The van der Waals surface area contributed by atoms with E-state index in [0.717, 1.165) is 27.0 Å². The van der Waals surface area contributed by atoms with Crippen molar-refractivity contribution in [1.82, 2.24) is 9.97 Å². The second kappa shape index (κ2) is 7.21. The molecule has 23 heavy (non-hydrogen) atoms. The van der Waals surface area contributed by atoms with Crippen molar-refractivity contribution in [1.29, 1.82) is 0 Å². The molecule has 0 amide bonds. The van der Waals surface area contributed by atoms with Crippen LogP contribution in [0.15, 0.2) is 48.7 Å². The van der Waals surface area contributed by atoms with E-state index in [9.17, 15) is 0 Å². The lowest BCUT2D eigenvalue weighted by molar-refractivity contribution is 0.328. The minimum atomic E-state index is 0.483. The van der Waals surface area contributed by atoms with Gasteiger partial charge in [-0.15, -0.1) is 0 Å². The first-order chi connectivity index (χ1) is 11.2. The predicted molar refractivity (Wildman–Crippen MR) is 94.4 cm³/mol. The lowest BCUT2D eigenvalue weighted by Crippen LogP contribution is -2.11. The molecule has 0 saturated heterocycles. The summed E-state index contributed by atoms with van der Waals surface area (Å²) >= 11 is 1.59. The molecular formula is C17H18N4OS. The van der Waals surface area contributed by atoms with Crippen LogP contribution in [0.1, 0.15) is 5.69 Å². The maximum atomic E-state index is 5.57. The molecule has 3 rings (SSSR count). The maximum Gasteiger partial charge on any atom is 0.188 e. The molecule has 0 aliphatic rings. The van der Waals surface area contributed by atoms with E-state index >= 15 is 0 Å². The molecule has 0 aliphatic heterocycles. The van der Waals surface area contributed by atoms with E-state index < -0.39 is 0 Å². The van der Waals surface area contributed by atoms with Crippen molar-refractivity contribution < 1.29 is 4.74 Å². The van der Waals surface area contributed by atoms with Crippen molar-refractivity contribution in [3.05, 3.63) is 54.4 Å². The fraction of sp³-hybridized carbons (Fsp3) is 0.176. The smallest absolute Gasteiger partial charge is 0.188 e. The Hall–Kier alpha value is -2.44. The highest BCUT2D eigenvalue weighted by atomic mass is 32.1. The van der Waals surface area contributed by atoms with Crippen molar-refractivity contribution in [2.24, 2.45) is 5.73 Å². The normalized spacial score (nSPS) is 10.5. The summed E-state index contributed by atoms with van der Waals surface area (Å²) in [5.41, 5.74) is 7.50. The molecule has 0 atom stereocenters. The lowest BCUT2D eigenvalue weighted by Gasteiger charge is -2.08. The lowest BCUT2D eigenvalue weighted by atomic mass is 10.2. The standard InChI is InChI=1S/C17H18N4OS/c1-12-9-14(22-8-7-18)10-16(20-12)21-17-19-11-15(23-17)13-5-3-2-4-6-13/h2-6,9-11H,7-8,18H2,1H3,(H,19,20,21). The summed E-state index contributed by atoms with van der Waals surface area (Å²) in [6.45, 7) is 2.90. The van der Waals surface area contributed by atoms with Crippen LogP contribution in [0.2, 0.25) is 0 Å². The molecule has 2 aromatic heterocycles. The van der Waals surface area contributed by atoms with Crippen LogP contribution in [0, 0.1) is 6.92 Å². The highest BCUT2D eigenvalue weighted by molar-refractivity contribution is 7.18. The zero-order valence-electron chi connectivity index (χ0n) is 12.8. The number of nitrogens with zero attached hydrogens (tertiary/aromatic N) is 2. The Labute approximate surface area is 139 Å². The Morgan fingerprint density at radius 3 is 2.83 bits per heavy atom. The minimum Gasteiger partial charge on any atom is -0.492 e. The van der Waals surface area contributed by atoms with E-state index in [-0.39, 0.29) is 0 Å². The van der Waals surface area contributed by atoms with E-state index in [2.05, 4.69) is 27.4 Å². The van der Waals surface area contributed by atoms with Crippen LogP contribution in [0.5, 0.6) is 5.75 Å². The average molecular weight is 326 g/mol. The summed E-state index contributed by atoms with van der Waals surface area (Å²) in [6.07, 6.45) is 1.87. The largest absolute Gasteiger partial charge is 0.492 e. The molecule has 5 nitrogen and oxygen atoms in total. The second-order valence-corrected chi connectivity index (χ2v) is 6.02. The number of ether oxygens (including phenoxy) is 1. The molecule has 3 N–H and O–H groups in total. The van der Waals surface area contributed by atoms with Crippen LogP contribution in [-0.2, 0) is 0 Å². The Balaban J connectivity index is 1.77. The van der Waals surface area contributed by atoms with Gasteiger partial charge in [0.25, 0.3) is 0 Å². The molecule has 0 unspecified atom stereocenters. The maximum absolute atomic E-state index is 5.57. The number of nitrogens with one attached hydrogen (secondary N) is 1. The van der Waals surface area contributed by atoms with Gasteiger partial charge in [0.1, 0.15) is 18.2 Å². The van der Waals surface area contributed by atoms with Crippen molar-refractivity contribution in [3.63, 3.8) is 0 Å². The number of hydrogen-bond donors (Lipinski definition) is 2. The Morgan fingerprint density at radius 2 is 2.04 bits per heavy atom. The number of thiazole rings is 1. The average Bonchev–Trinajstić information content (AvgIpc) is 3.02. The van der Waals surface area contributed by atoms with Crippen molar-refractivity contribution >= 4 is 22.3 Å². The van der Waals surface area contributed by atoms with Crippen LogP contribution in [0.4, 0.5) is 10.9 Å². The second-order valence-electron chi connectivity index (χ2n) is 4.99. The first kappa shape index (κ1) is 15.5. The molecule has 1 aromatic carbocycles. The number of pyridine rings is 1. The zero-order valence-corrected chi connectivity index (χ0v) is 13.6. The number of hydrogen-bond acceptors (Lipinski definition) is 6. The van der Waals surface area contributed by atoms with E-state index in [0.29, 0.717) is 19.0 Å². The van der Waals surface area contributed by atoms with Crippen LogP contribution < -0.4 is 15.8 Å². The third-order valence-electron chi connectivity index (χ3n) is 3.11. The van der Waals surface area contributed by atoms with E-state index in [4.69, 9.17) is 10.5 Å². The monoisotopic (exact) mass is 326 g/mol. The molecule has 2 heterocycles. The molecule has 3 aromatic rings. The first-order valence-electron chi connectivity index (χ1n) is 7.34. The summed E-state index contributed by atoms with van der Waals surface area (Å²) in [7, 11) is 0. The third-order valence-corrected chi connectivity index (χ3v) is 4.07. The van der Waals surface area contributed by atoms with E-state index in [1.54, 1.807) is 11.3 Å². The van der Waals surface area contributed by atoms with Crippen LogP contribution >= 0.6 is 11.3 Å². The van der Waals surface area contributed by atoms with Gasteiger partial charge in [-0.1, -0.05) is 41.7 Å². The van der Waals surface area contributed by atoms with Crippen molar-refractivity contribution in [2.45, 2.75) is 6.92 Å². The molecule has 0 fully saturated rings. The minimum absolute atomic E-state index is 0.483. The van der Waals surface area contributed by atoms with Gasteiger partial charge in [0.15, 0.2) is 5.13 Å². The van der Waals surface area contributed by atoms with E-state index in [1.807, 2.05) is 43.5 Å². The third kappa shape index (κ3) is 4.06. The molecule has 6 heteroatoms. The highest BCUT2D eigenvalue weighted by Crippen LogP contribution is 2.30. The first-order valence-corrected chi connectivity index (χ1v) is 8.16. The van der Waals surface area contributed by atoms with Gasteiger partial charge in [-0.05, 0) is 12.5 Å². The van der Waals surface area contributed by atoms with Gasteiger partial charge in [-0.3, -0.25) is 0 Å². The molecule has 0 radical (unpaired) electrons. The fourth-order valence-corrected chi connectivity index (χ4v) is 2.97. The molecule has 0 spiro atoms. The van der Waals surface area contributed by atoms with Gasteiger partial charge in [0.05, 0.1) is 4.88 Å². The fourth-order valence-electron chi connectivity index (χ4n) is 2.14. The molecule has 118 valence electrons. The number of aromatic nitrogens is 2. The SMILES string of the molecule is Cc1cc(OCCN)cc(Nc2ncc(-c3ccccc3)s2)n1. The highest BCUT2D eigenvalue weighted by Gasteiger charge is 2.07. The Kier molecular flexibility index (Phi) is 4.85. The number of aryl methyl sites for hydroxylation is 1.